The third kappa shape index (κ3) is 4.87. The molecule has 0 fully saturated rings. The Kier molecular flexibility index (Phi) is 6.43. The van der Waals surface area contributed by atoms with Gasteiger partial charge in [-0.25, -0.2) is 0 Å². The summed E-state index contributed by atoms with van der Waals surface area (Å²) in [5, 5.41) is 7.53. The number of carbonyl (C=O) groups excluding carboxylic acids is 1. The second kappa shape index (κ2) is 7.87. The monoisotopic (exact) mass is 253 g/mol. The molecule has 0 aliphatic carbocycles. The van der Waals surface area contributed by atoms with E-state index >= 15 is 0 Å². The summed E-state index contributed by atoms with van der Waals surface area (Å²) in [6.45, 7) is 2.85. The molecule has 0 spiro atoms. The van der Waals surface area contributed by atoms with Crippen molar-refractivity contribution in [2.75, 3.05) is 13.7 Å². The molecular weight excluding hydrogens is 230 g/mol. The summed E-state index contributed by atoms with van der Waals surface area (Å²) in [5.74, 6) is -0.176. The Bertz CT molecular complexity index is 363. The van der Waals surface area contributed by atoms with Gasteiger partial charge in [0.25, 0.3) is 0 Å². The fraction of sp³-hybridized carbons (Fsp3) is 0.692. The average Bonchev–Trinajstić information content (AvgIpc) is 2.78. The number of esters is 1. The molecule has 102 valence electrons. The van der Waals surface area contributed by atoms with Gasteiger partial charge < -0.3 is 10.1 Å². The summed E-state index contributed by atoms with van der Waals surface area (Å²) in [6.07, 6.45) is 5.67. The lowest BCUT2D eigenvalue weighted by Gasteiger charge is -2.15. The molecule has 0 bridgehead atoms. The first-order chi connectivity index (χ1) is 8.67. The number of unbranched alkanes of at least 4 members (excludes halogenated alkanes) is 1. The Labute approximate surface area is 109 Å². The van der Waals surface area contributed by atoms with Crippen LogP contribution in [0.4, 0.5) is 0 Å². The minimum Gasteiger partial charge on any atom is -0.468 e. The Morgan fingerprint density at radius 2 is 2.39 bits per heavy atom. The number of hydrogen-bond donors (Lipinski definition) is 1. The predicted octanol–water partition coefficient (Wildman–Crippen LogP) is 1.28. The minimum atomic E-state index is -0.196. The van der Waals surface area contributed by atoms with Crippen LogP contribution in [0.5, 0.6) is 0 Å². The molecule has 0 aliphatic rings. The number of nitrogens with zero attached hydrogens (tertiary/aromatic N) is 2. The molecule has 0 amide bonds. The molecule has 5 nitrogen and oxygen atoms in total. The van der Waals surface area contributed by atoms with Crippen LogP contribution >= 0.6 is 0 Å². The zero-order valence-electron chi connectivity index (χ0n) is 11.5. The zero-order chi connectivity index (χ0) is 13.4. The van der Waals surface area contributed by atoms with E-state index in [0.29, 0.717) is 0 Å². The van der Waals surface area contributed by atoms with Gasteiger partial charge in [0.05, 0.1) is 12.8 Å². The van der Waals surface area contributed by atoms with Gasteiger partial charge >= 0.3 is 5.97 Å². The van der Waals surface area contributed by atoms with Crippen molar-refractivity contribution < 1.29 is 9.53 Å². The van der Waals surface area contributed by atoms with E-state index in [0.717, 1.165) is 37.9 Å². The fourth-order valence-corrected chi connectivity index (χ4v) is 1.82. The highest BCUT2D eigenvalue weighted by Crippen LogP contribution is 2.03. The number of aromatic nitrogens is 2. The summed E-state index contributed by atoms with van der Waals surface area (Å²) < 4.78 is 6.58. The van der Waals surface area contributed by atoms with E-state index in [2.05, 4.69) is 17.3 Å². The molecular formula is C13H23N3O2. The van der Waals surface area contributed by atoms with Crippen molar-refractivity contribution in [2.45, 2.75) is 38.6 Å². The van der Waals surface area contributed by atoms with Crippen molar-refractivity contribution in [3.05, 3.63) is 18.0 Å². The van der Waals surface area contributed by atoms with Gasteiger partial charge in [0.1, 0.15) is 6.04 Å². The maximum absolute atomic E-state index is 11.6. The number of aryl methyl sites for hydroxylation is 1. The summed E-state index contributed by atoms with van der Waals surface area (Å²) in [6, 6.07) is 1.79. The molecule has 1 rings (SSSR count). The first kappa shape index (κ1) is 14.7. The van der Waals surface area contributed by atoms with E-state index in [1.165, 1.54) is 7.11 Å². The molecule has 18 heavy (non-hydrogen) atoms. The number of carbonyl (C=O) groups is 1. The van der Waals surface area contributed by atoms with Crippen molar-refractivity contribution in [2.24, 2.45) is 7.05 Å². The van der Waals surface area contributed by atoms with Gasteiger partial charge in [0.15, 0.2) is 0 Å². The van der Waals surface area contributed by atoms with Crippen LogP contribution in [-0.4, -0.2) is 35.4 Å². The minimum absolute atomic E-state index is 0.176. The first-order valence-corrected chi connectivity index (χ1v) is 6.47. The van der Waals surface area contributed by atoms with Crippen LogP contribution in [-0.2, 0) is 23.0 Å². The van der Waals surface area contributed by atoms with Crippen LogP contribution in [0.15, 0.2) is 12.3 Å². The highest BCUT2D eigenvalue weighted by Gasteiger charge is 2.17. The standard InChI is InChI=1S/C13H23N3O2/c1-4-5-6-12(13(17)18-3)14-9-7-11-8-10-16(2)15-11/h8,10,12,14H,4-7,9H2,1-3H3. The number of ether oxygens (including phenoxy) is 1. The maximum Gasteiger partial charge on any atom is 0.322 e. The fourth-order valence-electron chi connectivity index (χ4n) is 1.82. The van der Waals surface area contributed by atoms with Crippen LogP contribution < -0.4 is 5.32 Å². The molecule has 1 heterocycles. The maximum atomic E-state index is 11.6. The Hall–Kier alpha value is -1.36. The molecule has 1 aromatic heterocycles. The van der Waals surface area contributed by atoms with Crippen molar-refractivity contribution in [3.63, 3.8) is 0 Å². The molecule has 0 saturated carbocycles. The van der Waals surface area contributed by atoms with Gasteiger partial charge in [0.2, 0.25) is 0 Å². The summed E-state index contributed by atoms with van der Waals surface area (Å²) in [7, 11) is 3.33. The molecule has 1 N–H and O–H groups in total. The van der Waals surface area contributed by atoms with Gasteiger partial charge in [0, 0.05) is 26.2 Å². The van der Waals surface area contributed by atoms with Crippen molar-refractivity contribution >= 4 is 5.97 Å². The van der Waals surface area contributed by atoms with Crippen LogP contribution in [0.1, 0.15) is 31.9 Å². The summed E-state index contributed by atoms with van der Waals surface area (Å²) in [5.41, 5.74) is 1.03. The quantitative estimate of drug-likeness (QED) is 0.709. The van der Waals surface area contributed by atoms with Gasteiger partial charge in [-0.2, -0.15) is 5.10 Å². The number of methoxy groups -OCH3 is 1. The van der Waals surface area contributed by atoms with Gasteiger partial charge in [-0.1, -0.05) is 19.8 Å². The molecule has 0 aromatic carbocycles. The van der Waals surface area contributed by atoms with Gasteiger partial charge in [-0.3, -0.25) is 9.48 Å². The molecule has 5 heteroatoms. The predicted molar refractivity (Wildman–Crippen MR) is 70.2 cm³/mol. The van der Waals surface area contributed by atoms with E-state index in [-0.39, 0.29) is 12.0 Å². The van der Waals surface area contributed by atoms with Crippen LogP contribution in [0.3, 0.4) is 0 Å². The topological polar surface area (TPSA) is 56.2 Å². The lowest BCUT2D eigenvalue weighted by molar-refractivity contribution is -0.143. The van der Waals surface area contributed by atoms with Crippen molar-refractivity contribution in [1.29, 1.82) is 0 Å². The molecule has 0 aliphatic heterocycles. The van der Waals surface area contributed by atoms with Crippen molar-refractivity contribution in [1.82, 2.24) is 15.1 Å². The van der Waals surface area contributed by atoms with Gasteiger partial charge in [-0.05, 0) is 12.5 Å². The van der Waals surface area contributed by atoms with E-state index in [9.17, 15) is 4.79 Å². The second-order valence-corrected chi connectivity index (χ2v) is 4.40. The van der Waals surface area contributed by atoms with E-state index in [1.807, 2.05) is 19.3 Å². The summed E-state index contributed by atoms with van der Waals surface area (Å²) >= 11 is 0. The van der Waals surface area contributed by atoms with E-state index < -0.39 is 0 Å². The van der Waals surface area contributed by atoms with Gasteiger partial charge in [-0.15, -0.1) is 0 Å². The SMILES string of the molecule is CCCCC(NCCc1ccn(C)n1)C(=O)OC. The smallest absolute Gasteiger partial charge is 0.322 e. The van der Waals surface area contributed by atoms with E-state index in [4.69, 9.17) is 4.74 Å². The third-order valence-electron chi connectivity index (χ3n) is 2.87. The Morgan fingerprint density at radius 1 is 1.61 bits per heavy atom. The Morgan fingerprint density at radius 3 is 2.94 bits per heavy atom. The van der Waals surface area contributed by atoms with Crippen LogP contribution in [0.2, 0.25) is 0 Å². The van der Waals surface area contributed by atoms with E-state index in [1.54, 1.807) is 4.68 Å². The number of hydrogen-bond acceptors (Lipinski definition) is 4. The van der Waals surface area contributed by atoms with Crippen LogP contribution in [0, 0.1) is 0 Å². The number of nitrogens with one attached hydrogen (secondary N) is 1. The highest BCUT2D eigenvalue weighted by molar-refractivity contribution is 5.75. The van der Waals surface area contributed by atoms with Crippen LogP contribution in [0.25, 0.3) is 0 Å². The number of rotatable bonds is 8. The zero-order valence-corrected chi connectivity index (χ0v) is 11.5. The second-order valence-electron chi connectivity index (χ2n) is 4.40. The normalized spacial score (nSPS) is 12.4. The molecule has 0 radical (unpaired) electrons. The first-order valence-electron chi connectivity index (χ1n) is 6.47. The van der Waals surface area contributed by atoms with Crippen molar-refractivity contribution in [3.8, 4) is 0 Å². The molecule has 1 aromatic rings. The average molecular weight is 253 g/mol. The highest BCUT2D eigenvalue weighted by atomic mass is 16.5. The lowest BCUT2D eigenvalue weighted by atomic mass is 10.1. The largest absolute Gasteiger partial charge is 0.468 e. The third-order valence-corrected chi connectivity index (χ3v) is 2.87. The molecule has 1 unspecified atom stereocenters. The molecule has 0 saturated heterocycles. The Balaban J connectivity index is 2.34. The lowest BCUT2D eigenvalue weighted by Crippen LogP contribution is -2.38. The molecule has 1 atom stereocenters. The summed E-state index contributed by atoms with van der Waals surface area (Å²) in [4.78, 5) is 11.6.